The lowest BCUT2D eigenvalue weighted by molar-refractivity contribution is -0.134. The van der Waals surface area contributed by atoms with E-state index in [1.165, 1.54) is 4.31 Å². The van der Waals surface area contributed by atoms with Crippen molar-refractivity contribution in [2.24, 2.45) is 0 Å². The maximum atomic E-state index is 12.8. The minimum Gasteiger partial charge on any atom is -0.483 e. The molecule has 1 heterocycles. The van der Waals surface area contributed by atoms with Crippen LogP contribution >= 0.6 is 0 Å². The van der Waals surface area contributed by atoms with Crippen LogP contribution in [0.1, 0.15) is 16.7 Å². The van der Waals surface area contributed by atoms with Crippen molar-refractivity contribution < 1.29 is 17.9 Å². The highest BCUT2D eigenvalue weighted by Crippen LogP contribution is 2.20. The summed E-state index contributed by atoms with van der Waals surface area (Å²) >= 11 is 0. The standard InChI is InChI=1S/C21H26N2O4S/c1-16-5-8-19(9-6-16)28(25,26)23-12-10-22(11-13-23)21(24)15-27-20-14-17(2)4-7-18(20)3/h4-9,14H,10-13,15H2,1-3H3. The molecule has 0 N–H and O–H groups in total. The molecular formula is C21H26N2O4S. The molecule has 2 aromatic carbocycles. The number of hydrogen-bond donors (Lipinski definition) is 0. The van der Waals surface area contributed by atoms with E-state index >= 15 is 0 Å². The molecule has 0 spiro atoms. The zero-order chi connectivity index (χ0) is 20.3. The van der Waals surface area contributed by atoms with E-state index < -0.39 is 10.0 Å². The lowest BCUT2D eigenvalue weighted by Gasteiger charge is -2.34. The van der Waals surface area contributed by atoms with Crippen LogP contribution in [0.4, 0.5) is 0 Å². The van der Waals surface area contributed by atoms with Crippen molar-refractivity contribution in [2.45, 2.75) is 25.7 Å². The Balaban J connectivity index is 1.56. The van der Waals surface area contributed by atoms with E-state index in [4.69, 9.17) is 4.74 Å². The fraction of sp³-hybridized carbons (Fsp3) is 0.381. The number of piperazine rings is 1. The van der Waals surface area contributed by atoms with Crippen LogP contribution in [-0.4, -0.2) is 56.3 Å². The minimum absolute atomic E-state index is 0.0466. The molecule has 0 bridgehead atoms. The first-order valence-electron chi connectivity index (χ1n) is 9.32. The van der Waals surface area contributed by atoms with E-state index in [9.17, 15) is 13.2 Å². The monoisotopic (exact) mass is 402 g/mol. The highest BCUT2D eigenvalue weighted by atomic mass is 32.2. The number of rotatable bonds is 5. The van der Waals surface area contributed by atoms with Gasteiger partial charge in [0.1, 0.15) is 5.75 Å². The van der Waals surface area contributed by atoms with E-state index in [2.05, 4.69) is 0 Å². The summed E-state index contributed by atoms with van der Waals surface area (Å²) in [5, 5.41) is 0. The molecular weight excluding hydrogens is 376 g/mol. The van der Waals surface area contributed by atoms with Gasteiger partial charge in [0.2, 0.25) is 10.0 Å². The number of carbonyl (C=O) groups is 1. The van der Waals surface area contributed by atoms with Gasteiger partial charge in [-0.25, -0.2) is 8.42 Å². The number of nitrogens with zero attached hydrogens (tertiary/aromatic N) is 2. The van der Waals surface area contributed by atoms with E-state index in [0.29, 0.717) is 18.8 Å². The van der Waals surface area contributed by atoms with Gasteiger partial charge in [-0.05, 0) is 50.1 Å². The molecule has 0 saturated carbocycles. The van der Waals surface area contributed by atoms with Crippen LogP contribution in [0, 0.1) is 20.8 Å². The van der Waals surface area contributed by atoms with Gasteiger partial charge in [0.15, 0.2) is 6.61 Å². The van der Waals surface area contributed by atoms with Gasteiger partial charge in [-0.15, -0.1) is 0 Å². The van der Waals surface area contributed by atoms with Crippen molar-refractivity contribution in [3.63, 3.8) is 0 Å². The molecule has 28 heavy (non-hydrogen) atoms. The average molecular weight is 403 g/mol. The molecule has 0 radical (unpaired) electrons. The Morgan fingerprint density at radius 3 is 2.18 bits per heavy atom. The molecule has 0 aliphatic carbocycles. The Hall–Kier alpha value is -2.38. The van der Waals surface area contributed by atoms with Gasteiger partial charge in [-0.3, -0.25) is 4.79 Å². The first-order valence-corrected chi connectivity index (χ1v) is 10.8. The molecule has 1 aliphatic heterocycles. The zero-order valence-electron chi connectivity index (χ0n) is 16.5. The van der Waals surface area contributed by atoms with Gasteiger partial charge in [-0.2, -0.15) is 4.31 Å². The fourth-order valence-corrected chi connectivity index (χ4v) is 4.55. The lowest BCUT2D eigenvalue weighted by atomic mass is 10.1. The molecule has 1 amide bonds. The van der Waals surface area contributed by atoms with Gasteiger partial charge in [0.05, 0.1) is 4.90 Å². The first kappa shape index (κ1) is 20.4. The third kappa shape index (κ3) is 4.54. The van der Waals surface area contributed by atoms with E-state index in [0.717, 1.165) is 16.7 Å². The number of carbonyl (C=O) groups excluding carboxylic acids is 1. The maximum absolute atomic E-state index is 12.8. The average Bonchev–Trinajstić information content (AvgIpc) is 2.69. The highest BCUT2D eigenvalue weighted by molar-refractivity contribution is 7.89. The second kappa shape index (κ2) is 8.32. The van der Waals surface area contributed by atoms with Crippen molar-refractivity contribution in [3.8, 4) is 5.75 Å². The Kier molecular flexibility index (Phi) is 6.05. The second-order valence-electron chi connectivity index (χ2n) is 7.16. The third-order valence-electron chi connectivity index (χ3n) is 4.94. The van der Waals surface area contributed by atoms with Crippen LogP contribution in [0.5, 0.6) is 5.75 Å². The molecule has 6 nitrogen and oxygen atoms in total. The van der Waals surface area contributed by atoms with Crippen LogP contribution in [0.25, 0.3) is 0 Å². The third-order valence-corrected chi connectivity index (χ3v) is 6.86. The summed E-state index contributed by atoms with van der Waals surface area (Å²) < 4.78 is 32.6. The molecule has 1 fully saturated rings. The predicted molar refractivity (Wildman–Crippen MR) is 108 cm³/mol. The number of hydrogen-bond acceptors (Lipinski definition) is 4. The molecule has 0 unspecified atom stereocenters. The molecule has 1 saturated heterocycles. The van der Waals surface area contributed by atoms with Gasteiger partial charge in [-0.1, -0.05) is 29.8 Å². The second-order valence-corrected chi connectivity index (χ2v) is 9.09. The van der Waals surface area contributed by atoms with Crippen molar-refractivity contribution in [1.29, 1.82) is 0 Å². The van der Waals surface area contributed by atoms with Crippen LogP contribution in [-0.2, 0) is 14.8 Å². The van der Waals surface area contributed by atoms with Crippen LogP contribution in [0.2, 0.25) is 0 Å². The van der Waals surface area contributed by atoms with Gasteiger partial charge in [0.25, 0.3) is 5.91 Å². The van der Waals surface area contributed by atoms with Gasteiger partial charge >= 0.3 is 0 Å². The summed E-state index contributed by atoms with van der Waals surface area (Å²) in [6, 6.07) is 12.7. The Labute approximate surface area is 166 Å². The van der Waals surface area contributed by atoms with Gasteiger partial charge < -0.3 is 9.64 Å². The number of ether oxygens (including phenoxy) is 1. The Bertz CT molecular complexity index is 947. The van der Waals surface area contributed by atoms with E-state index in [1.807, 2.05) is 39.0 Å². The normalized spacial score (nSPS) is 15.5. The largest absolute Gasteiger partial charge is 0.483 e. The summed E-state index contributed by atoms with van der Waals surface area (Å²) in [6.07, 6.45) is 0. The Morgan fingerprint density at radius 2 is 1.54 bits per heavy atom. The zero-order valence-corrected chi connectivity index (χ0v) is 17.3. The molecule has 150 valence electrons. The fourth-order valence-electron chi connectivity index (χ4n) is 3.13. The van der Waals surface area contributed by atoms with Crippen molar-refractivity contribution in [2.75, 3.05) is 32.8 Å². The topological polar surface area (TPSA) is 66.9 Å². The van der Waals surface area contributed by atoms with Crippen molar-refractivity contribution in [1.82, 2.24) is 9.21 Å². The van der Waals surface area contributed by atoms with Crippen molar-refractivity contribution in [3.05, 3.63) is 59.2 Å². The highest BCUT2D eigenvalue weighted by Gasteiger charge is 2.30. The summed E-state index contributed by atoms with van der Waals surface area (Å²) in [6.45, 7) is 7.07. The molecule has 3 rings (SSSR count). The molecule has 2 aromatic rings. The lowest BCUT2D eigenvalue weighted by Crippen LogP contribution is -2.51. The molecule has 1 aliphatic rings. The maximum Gasteiger partial charge on any atom is 0.260 e. The quantitative estimate of drug-likeness (QED) is 0.771. The van der Waals surface area contributed by atoms with Crippen molar-refractivity contribution >= 4 is 15.9 Å². The number of sulfonamides is 1. The van der Waals surface area contributed by atoms with Crippen LogP contribution < -0.4 is 4.74 Å². The predicted octanol–water partition coefficient (Wildman–Crippen LogP) is 2.52. The van der Waals surface area contributed by atoms with Crippen LogP contribution in [0.3, 0.4) is 0 Å². The SMILES string of the molecule is Cc1ccc(S(=O)(=O)N2CCN(C(=O)COc3cc(C)ccc3C)CC2)cc1. The summed E-state index contributed by atoms with van der Waals surface area (Å²) in [7, 11) is -3.53. The Morgan fingerprint density at radius 1 is 0.929 bits per heavy atom. The first-order chi connectivity index (χ1) is 13.3. The van der Waals surface area contributed by atoms with Crippen LogP contribution in [0.15, 0.2) is 47.4 Å². The van der Waals surface area contributed by atoms with E-state index in [1.54, 1.807) is 29.2 Å². The summed E-state index contributed by atoms with van der Waals surface area (Å²) in [5.74, 6) is 0.572. The number of benzene rings is 2. The smallest absolute Gasteiger partial charge is 0.260 e. The number of amides is 1. The minimum atomic E-state index is -3.53. The summed E-state index contributed by atoms with van der Waals surface area (Å²) in [5.41, 5.74) is 3.06. The molecule has 7 heteroatoms. The summed E-state index contributed by atoms with van der Waals surface area (Å²) in [4.78, 5) is 14.4. The molecule has 0 atom stereocenters. The molecule has 0 aromatic heterocycles. The van der Waals surface area contributed by atoms with Gasteiger partial charge in [0, 0.05) is 26.2 Å². The number of aryl methyl sites for hydroxylation is 3. The van der Waals surface area contributed by atoms with E-state index in [-0.39, 0.29) is 30.5 Å².